The molecule has 0 bridgehead atoms. The first kappa shape index (κ1) is 38.6. The molecule has 12 nitrogen and oxygen atoms in total. The Kier molecular flexibility index (Phi) is 10.8. The van der Waals surface area contributed by atoms with Gasteiger partial charge in [0, 0.05) is 80.6 Å². The monoisotopic (exact) mass is 785 g/mol. The lowest BCUT2D eigenvalue weighted by molar-refractivity contribution is -0.274. The van der Waals surface area contributed by atoms with Crippen molar-refractivity contribution in [3.05, 3.63) is 83.6 Å². The van der Waals surface area contributed by atoms with E-state index in [1.807, 2.05) is 12.3 Å². The van der Waals surface area contributed by atoms with Crippen LogP contribution in [0.15, 0.2) is 66.9 Å². The summed E-state index contributed by atoms with van der Waals surface area (Å²) < 4.78 is 45.4. The van der Waals surface area contributed by atoms with Crippen molar-refractivity contribution in [2.24, 2.45) is 11.7 Å². The van der Waals surface area contributed by atoms with Crippen molar-refractivity contribution in [1.82, 2.24) is 24.6 Å². The molecule has 0 saturated carbocycles. The van der Waals surface area contributed by atoms with Gasteiger partial charge in [-0.25, -0.2) is 0 Å². The van der Waals surface area contributed by atoms with Crippen molar-refractivity contribution < 1.29 is 37.1 Å². The molecule has 0 spiro atoms. The number of aryl methyl sites for hydroxylation is 1. The first-order valence-corrected chi connectivity index (χ1v) is 19.7. The van der Waals surface area contributed by atoms with Gasteiger partial charge in [-0.15, -0.1) is 13.2 Å². The van der Waals surface area contributed by atoms with E-state index in [1.165, 1.54) is 12.1 Å². The highest BCUT2D eigenvalue weighted by atomic mass is 19.4. The number of amides is 4. The molecule has 1 unspecified atom stereocenters. The molecule has 4 aliphatic rings. The maximum atomic E-state index is 13.3. The van der Waals surface area contributed by atoms with Gasteiger partial charge in [0.25, 0.3) is 11.8 Å². The second kappa shape index (κ2) is 15.9. The standard InChI is InChI=1S/C42H46F3N7O5/c43-42(44,45)57-31-4-1-3-29(22-31)35-26-51(14-2-13-46)36-8-5-28(21-33(35)36)25-48-15-11-27(12-16-48)24-49-17-19-50(20-18-49)30-6-7-32-34(23-30)41(56)52(40(32)55)37-9-10-38(53)47-39(37)54/h1,3-8,21-23,26-27,37H,2,9-20,24-25,46H2,(H,47,53,54). The first-order valence-electron chi connectivity index (χ1n) is 19.7. The molecule has 15 heteroatoms. The van der Waals surface area contributed by atoms with Gasteiger partial charge in [-0.1, -0.05) is 18.2 Å². The molecule has 1 atom stereocenters. The number of aromatic nitrogens is 1. The van der Waals surface area contributed by atoms with E-state index in [1.54, 1.807) is 24.3 Å². The maximum Gasteiger partial charge on any atom is 0.573 e. The number of fused-ring (bicyclic) bond motifs is 2. The predicted octanol–water partition coefficient (Wildman–Crippen LogP) is 4.99. The Labute approximate surface area is 328 Å². The van der Waals surface area contributed by atoms with E-state index < -0.39 is 36.0 Å². The number of hydrogen-bond acceptors (Lipinski definition) is 9. The molecular formula is C42H46F3N7O5. The van der Waals surface area contributed by atoms with E-state index >= 15 is 0 Å². The van der Waals surface area contributed by atoms with Crippen LogP contribution in [0, 0.1) is 5.92 Å². The molecule has 4 aliphatic heterocycles. The number of rotatable bonds is 11. The van der Waals surface area contributed by atoms with E-state index in [0.717, 1.165) is 104 Å². The minimum Gasteiger partial charge on any atom is -0.406 e. The number of ether oxygens (including phenoxy) is 1. The zero-order chi connectivity index (χ0) is 39.8. The summed E-state index contributed by atoms with van der Waals surface area (Å²) >= 11 is 0. The van der Waals surface area contributed by atoms with Crippen molar-refractivity contribution >= 4 is 40.2 Å². The fraction of sp³-hybridized carbons (Fsp3) is 0.429. The van der Waals surface area contributed by atoms with Crippen LogP contribution >= 0.6 is 0 Å². The number of halogens is 3. The van der Waals surface area contributed by atoms with Crippen LogP contribution in [0.5, 0.6) is 5.75 Å². The Morgan fingerprint density at radius 3 is 2.32 bits per heavy atom. The number of nitrogens with two attached hydrogens (primary N) is 1. The second-order valence-electron chi connectivity index (χ2n) is 15.5. The number of nitrogens with zero attached hydrogens (tertiary/aromatic N) is 5. The Bertz CT molecular complexity index is 2190. The average molecular weight is 786 g/mol. The number of carbonyl (C=O) groups excluding carboxylic acids is 4. The van der Waals surface area contributed by atoms with E-state index in [2.05, 4.69) is 47.5 Å². The van der Waals surface area contributed by atoms with Crippen LogP contribution in [0.2, 0.25) is 0 Å². The third kappa shape index (κ3) is 8.27. The molecule has 3 saturated heterocycles. The van der Waals surface area contributed by atoms with Gasteiger partial charge < -0.3 is 19.9 Å². The first-order chi connectivity index (χ1) is 27.4. The summed E-state index contributed by atoms with van der Waals surface area (Å²) in [6, 6.07) is 16.8. The highest BCUT2D eigenvalue weighted by Crippen LogP contribution is 2.36. The van der Waals surface area contributed by atoms with E-state index in [-0.39, 0.29) is 24.2 Å². The zero-order valence-corrected chi connectivity index (χ0v) is 31.6. The van der Waals surface area contributed by atoms with Crippen LogP contribution < -0.4 is 20.7 Å². The predicted molar refractivity (Wildman–Crippen MR) is 207 cm³/mol. The molecule has 4 aromatic rings. The number of alkyl halides is 3. The van der Waals surface area contributed by atoms with Crippen LogP contribution in [0.25, 0.3) is 22.0 Å². The van der Waals surface area contributed by atoms with Gasteiger partial charge >= 0.3 is 6.36 Å². The fourth-order valence-electron chi connectivity index (χ4n) is 8.77. The summed E-state index contributed by atoms with van der Waals surface area (Å²) in [5, 5.41) is 3.22. The third-order valence-electron chi connectivity index (χ3n) is 11.7. The minimum absolute atomic E-state index is 0.0816. The van der Waals surface area contributed by atoms with Crippen molar-refractivity contribution in [1.29, 1.82) is 0 Å². The lowest BCUT2D eigenvalue weighted by Crippen LogP contribution is -2.54. The highest BCUT2D eigenvalue weighted by Gasteiger charge is 2.45. The summed E-state index contributed by atoms with van der Waals surface area (Å²) in [7, 11) is 0. The molecule has 3 N–H and O–H groups in total. The molecule has 3 fully saturated rings. The third-order valence-corrected chi connectivity index (χ3v) is 11.7. The Morgan fingerprint density at radius 2 is 1.58 bits per heavy atom. The number of benzene rings is 3. The number of hydrogen-bond donors (Lipinski definition) is 2. The molecule has 57 heavy (non-hydrogen) atoms. The number of nitrogens with one attached hydrogen (secondary N) is 1. The fourth-order valence-corrected chi connectivity index (χ4v) is 8.77. The zero-order valence-electron chi connectivity index (χ0n) is 31.6. The van der Waals surface area contributed by atoms with Gasteiger partial charge in [0.05, 0.1) is 11.1 Å². The maximum absolute atomic E-state index is 13.3. The molecule has 5 heterocycles. The van der Waals surface area contributed by atoms with Crippen molar-refractivity contribution in [3.8, 4) is 16.9 Å². The van der Waals surface area contributed by atoms with Gasteiger partial charge in [-0.05, 0) is 105 Å². The molecule has 8 rings (SSSR count). The van der Waals surface area contributed by atoms with E-state index in [0.29, 0.717) is 30.1 Å². The van der Waals surface area contributed by atoms with Gasteiger partial charge in [-0.2, -0.15) is 0 Å². The summed E-state index contributed by atoms with van der Waals surface area (Å²) in [5.74, 6) is -1.69. The Hall–Kier alpha value is -5.25. The molecular weight excluding hydrogens is 739 g/mol. The van der Waals surface area contributed by atoms with E-state index in [4.69, 9.17) is 5.73 Å². The second-order valence-corrected chi connectivity index (χ2v) is 15.5. The molecule has 3 aromatic carbocycles. The highest BCUT2D eigenvalue weighted by molar-refractivity contribution is 6.23. The Morgan fingerprint density at radius 1 is 0.807 bits per heavy atom. The molecule has 1 aromatic heterocycles. The Balaban J connectivity index is 0.852. The van der Waals surface area contributed by atoms with Crippen LogP contribution in [-0.2, 0) is 22.7 Å². The molecule has 300 valence electrons. The average Bonchev–Trinajstić information content (AvgIpc) is 3.67. The van der Waals surface area contributed by atoms with Gasteiger partial charge in [0.1, 0.15) is 11.8 Å². The van der Waals surface area contributed by atoms with Crippen LogP contribution in [0.4, 0.5) is 18.9 Å². The summed E-state index contributed by atoms with van der Waals surface area (Å²) in [6.07, 6.45) is 0.379. The number of piperidine rings is 2. The summed E-state index contributed by atoms with van der Waals surface area (Å²) in [4.78, 5) is 58.7. The van der Waals surface area contributed by atoms with E-state index in [9.17, 15) is 32.3 Å². The van der Waals surface area contributed by atoms with Crippen molar-refractivity contribution in [2.45, 2.75) is 57.6 Å². The lowest BCUT2D eigenvalue weighted by atomic mass is 9.95. The lowest BCUT2D eigenvalue weighted by Gasteiger charge is -2.39. The number of piperazine rings is 1. The van der Waals surface area contributed by atoms with Crippen LogP contribution in [0.1, 0.15) is 58.4 Å². The summed E-state index contributed by atoms with van der Waals surface area (Å²) in [6.45, 7) is 8.32. The molecule has 0 aliphatic carbocycles. The number of likely N-dealkylation sites (tertiary alicyclic amines) is 1. The quantitative estimate of drug-likeness (QED) is 0.202. The minimum atomic E-state index is -4.77. The van der Waals surface area contributed by atoms with Gasteiger partial charge in [0.15, 0.2) is 0 Å². The van der Waals surface area contributed by atoms with Crippen molar-refractivity contribution in [3.63, 3.8) is 0 Å². The smallest absolute Gasteiger partial charge is 0.406 e. The molecule has 0 radical (unpaired) electrons. The van der Waals surface area contributed by atoms with Crippen molar-refractivity contribution in [2.75, 3.05) is 57.3 Å². The summed E-state index contributed by atoms with van der Waals surface area (Å²) in [5.41, 5.74) is 10.9. The number of anilines is 1. The van der Waals surface area contributed by atoms with Gasteiger partial charge in [0.2, 0.25) is 11.8 Å². The topological polar surface area (TPSA) is 133 Å². The van der Waals surface area contributed by atoms with Gasteiger partial charge in [-0.3, -0.25) is 39.2 Å². The van der Waals surface area contributed by atoms with Crippen LogP contribution in [0.3, 0.4) is 0 Å². The normalized spacial score (nSPS) is 20.1. The number of imide groups is 2. The SMILES string of the molecule is NCCCn1cc(-c2cccc(OC(F)(F)F)c2)c2cc(CN3CCC(CN4CCN(c5ccc6c(c5)C(=O)N(C5CCC(=O)NC5=O)C6=O)CC4)CC3)ccc21. The van der Waals surface area contributed by atoms with Crippen LogP contribution in [-0.4, -0.2) is 108 Å². The molecule has 4 amide bonds. The number of carbonyl (C=O) groups is 4. The largest absolute Gasteiger partial charge is 0.573 e.